The zero-order chi connectivity index (χ0) is 10.2. The lowest BCUT2D eigenvalue weighted by molar-refractivity contribution is 0.0431. The van der Waals surface area contributed by atoms with E-state index in [2.05, 4.69) is 19.2 Å². The fraction of sp³-hybridized carbons (Fsp3) is 0.636. The minimum absolute atomic E-state index is 0.228. The first-order valence-corrected chi connectivity index (χ1v) is 5.17. The molecular weight excluding hydrogens is 178 g/mol. The molecule has 0 spiro atoms. The fourth-order valence-corrected chi connectivity index (χ4v) is 1.16. The molecule has 80 valence electrons. The van der Waals surface area contributed by atoms with Gasteiger partial charge >= 0.3 is 0 Å². The van der Waals surface area contributed by atoms with Gasteiger partial charge in [0.05, 0.1) is 12.4 Å². The van der Waals surface area contributed by atoms with Crippen molar-refractivity contribution in [3.63, 3.8) is 0 Å². The number of furan rings is 1. The summed E-state index contributed by atoms with van der Waals surface area (Å²) in [6.45, 7) is 6.72. The maximum absolute atomic E-state index is 5.58. The summed E-state index contributed by atoms with van der Waals surface area (Å²) in [6, 6.07) is 3.80. The molecule has 0 radical (unpaired) electrons. The second-order valence-electron chi connectivity index (χ2n) is 3.41. The molecule has 1 heterocycles. The van der Waals surface area contributed by atoms with Crippen molar-refractivity contribution in [2.75, 3.05) is 13.1 Å². The van der Waals surface area contributed by atoms with Crippen LogP contribution in [0.1, 0.15) is 26.0 Å². The molecule has 1 unspecified atom stereocenters. The maximum atomic E-state index is 5.58. The molecule has 1 atom stereocenters. The first kappa shape index (κ1) is 11.3. The molecule has 0 bridgehead atoms. The first-order valence-electron chi connectivity index (χ1n) is 5.17. The molecule has 0 aliphatic rings. The van der Waals surface area contributed by atoms with Crippen LogP contribution in [-0.2, 0) is 11.3 Å². The van der Waals surface area contributed by atoms with Crippen molar-refractivity contribution in [2.45, 2.75) is 33.0 Å². The highest BCUT2D eigenvalue weighted by Crippen LogP contribution is 2.03. The molecule has 0 saturated heterocycles. The van der Waals surface area contributed by atoms with Crippen molar-refractivity contribution in [1.29, 1.82) is 0 Å². The number of hydrogen-bond acceptors (Lipinski definition) is 3. The molecule has 1 aromatic heterocycles. The molecule has 0 aromatic carbocycles. The van der Waals surface area contributed by atoms with Crippen molar-refractivity contribution in [3.8, 4) is 0 Å². The summed E-state index contributed by atoms with van der Waals surface area (Å²) in [7, 11) is 0. The van der Waals surface area contributed by atoms with E-state index in [1.807, 2.05) is 12.1 Å². The van der Waals surface area contributed by atoms with E-state index in [1.165, 1.54) is 0 Å². The van der Waals surface area contributed by atoms with E-state index < -0.39 is 0 Å². The Hall–Kier alpha value is -0.800. The summed E-state index contributed by atoms with van der Waals surface area (Å²) in [6.07, 6.45) is 3.05. The van der Waals surface area contributed by atoms with Gasteiger partial charge in [0.2, 0.25) is 0 Å². The Morgan fingerprint density at radius 2 is 2.43 bits per heavy atom. The van der Waals surface area contributed by atoms with Gasteiger partial charge < -0.3 is 14.5 Å². The van der Waals surface area contributed by atoms with Crippen molar-refractivity contribution < 1.29 is 9.15 Å². The first-order chi connectivity index (χ1) is 6.83. The van der Waals surface area contributed by atoms with Gasteiger partial charge in [0.1, 0.15) is 12.4 Å². The van der Waals surface area contributed by atoms with Crippen LogP contribution in [0.3, 0.4) is 0 Å². The van der Waals surface area contributed by atoms with Crippen LogP contribution in [0.4, 0.5) is 0 Å². The third-order valence-corrected chi connectivity index (χ3v) is 1.95. The van der Waals surface area contributed by atoms with Crippen molar-refractivity contribution in [1.82, 2.24) is 5.32 Å². The highest BCUT2D eigenvalue weighted by Gasteiger charge is 2.02. The summed E-state index contributed by atoms with van der Waals surface area (Å²) < 4.78 is 10.7. The summed E-state index contributed by atoms with van der Waals surface area (Å²) in [5, 5.41) is 3.31. The highest BCUT2D eigenvalue weighted by molar-refractivity contribution is 4.96. The minimum Gasteiger partial charge on any atom is -0.467 e. The molecule has 3 heteroatoms. The second kappa shape index (κ2) is 6.62. The Kier molecular flexibility index (Phi) is 5.33. The van der Waals surface area contributed by atoms with Gasteiger partial charge in [-0.15, -0.1) is 0 Å². The zero-order valence-electron chi connectivity index (χ0n) is 8.95. The number of hydrogen-bond donors (Lipinski definition) is 1. The summed E-state index contributed by atoms with van der Waals surface area (Å²) in [5.74, 6) is 0.882. The smallest absolute Gasteiger partial charge is 0.129 e. The Morgan fingerprint density at radius 1 is 1.57 bits per heavy atom. The molecule has 0 amide bonds. The van der Waals surface area contributed by atoms with Crippen LogP contribution in [0.25, 0.3) is 0 Å². The van der Waals surface area contributed by atoms with Crippen molar-refractivity contribution >= 4 is 0 Å². The Bertz CT molecular complexity index is 221. The molecule has 3 nitrogen and oxygen atoms in total. The van der Waals surface area contributed by atoms with E-state index in [-0.39, 0.29) is 6.10 Å². The Morgan fingerprint density at radius 3 is 3.07 bits per heavy atom. The summed E-state index contributed by atoms with van der Waals surface area (Å²) in [4.78, 5) is 0. The zero-order valence-corrected chi connectivity index (χ0v) is 8.95. The average molecular weight is 197 g/mol. The third-order valence-electron chi connectivity index (χ3n) is 1.95. The largest absolute Gasteiger partial charge is 0.467 e. The van der Waals surface area contributed by atoms with Crippen LogP contribution in [0.5, 0.6) is 0 Å². The molecule has 14 heavy (non-hydrogen) atoms. The van der Waals surface area contributed by atoms with Gasteiger partial charge in [-0.25, -0.2) is 0 Å². The molecule has 1 aromatic rings. The second-order valence-corrected chi connectivity index (χ2v) is 3.41. The number of rotatable bonds is 7. The molecule has 1 N–H and O–H groups in total. The van der Waals surface area contributed by atoms with Gasteiger partial charge in [0, 0.05) is 6.54 Å². The van der Waals surface area contributed by atoms with E-state index in [4.69, 9.17) is 9.15 Å². The fourth-order valence-electron chi connectivity index (χ4n) is 1.16. The maximum Gasteiger partial charge on any atom is 0.129 e. The molecule has 1 rings (SSSR count). The van der Waals surface area contributed by atoms with Gasteiger partial charge in [0.25, 0.3) is 0 Å². The quantitative estimate of drug-likeness (QED) is 0.680. The van der Waals surface area contributed by atoms with Gasteiger partial charge in [-0.1, -0.05) is 6.92 Å². The van der Waals surface area contributed by atoms with E-state index >= 15 is 0 Å². The van der Waals surface area contributed by atoms with E-state index in [9.17, 15) is 0 Å². The highest BCUT2D eigenvalue weighted by atomic mass is 16.5. The van der Waals surface area contributed by atoms with Crippen LogP contribution in [0.2, 0.25) is 0 Å². The SMILES string of the molecule is CCCNCC(C)OCc1ccco1. The standard InChI is InChI=1S/C11H19NO2/c1-3-6-12-8-10(2)14-9-11-5-4-7-13-11/h4-5,7,10,12H,3,6,8-9H2,1-2H3. The predicted octanol–water partition coefficient (Wildman–Crippen LogP) is 2.18. The third kappa shape index (κ3) is 4.44. The van der Waals surface area contributed by atoms with Crippen LogP contribution < -0.4 is 5.32 Å². The van der Waals surface area contributed by atoms with E-state index in [0.29, 0.717) is 6.61 Å². The van der Waals surface area contributed by atoms with Gasteiger partial charge in [-0.2, -0.15) is 0 Å². The predicted molar refractivity (Wildman–Crippen MR) is 56.1 cm³/mol. The van der Waals surface area contributed by atoms with Gasteiger partial charge in [-0.05, 0) is 32.0 Å². The molecule has 0 fully saturated rings. The Balaban J connectivity index is 2.06. The lowest BCUT2D eigenvalue weighted by Gasteiger charge is -2.12. The Labute approximate surface area is 85.4 Å². The summed E-state index contributed by atoms with van der Waals surface area (Å²) >= 11 is 0. The summed E-state index contributed by atoms with van der Waals surface area (Å²) in [5.41, 5.74) is 0. The van der Waals surface area contributed by atoms with Crippen LogP contribution in [0, 0.1) is 0 Å². The molecule has 0 aliphatic carbocycles. The topological polar surface area (TPSA) is 34.4 Å². The van der Waals surface area contributed by atoms with E-state index in [0.717, 1.165) is 25.3 Å². The monoisotopic (exact) mass is 197 g/mol. The molecule has 0 saturated carbocycles. The normalized spacial score (nSPS) is 13.0. The van der Waals surface area contributed by atoms with Crippen LogP contribution >= 0.6 is 0 Å². The minimum atomic E-state index is 0.228. The van der Waals surface area contributed by atoms with Crippen LogP contribution in [-0.4, -0.2) is 19.2 Å². The average Bonchev–Trinajstić information content (AvgIpc) is 2.68. The van der Waals surface area contributed by atoms with Gasteiger partial charge in [-0.3, -0.25) is 0 Å². The van der Waals surface area contributed by atoms with Crippen molar-refractivity contribution in [2.24, 2.45) is 0 Å². The van der Waals surface area contributed by atoms with E-state index in [1.54, 1.807) is 6.26 Å². The van der Waals surface area contributed by atoms with Gasteiger partial charge in [0.15, 0.2) is 0 Å². The number of ether oxygens (including phenoxy) is 1. The molecular formula is C11H19NO2. The number of nitrogens with one attached hydrogen (secondary N) is 1. The molecule has 0 aliphatic heterocycles. The lowest BCUT2D eigenvalue weighted by atomic mass is 10.3. The van der Waals surface area contributed by atoms with Crippen molar-refractivity contribution in [3.05, 3.63) is 24.2 Å². The lowest BCUT2D eigenvalue weighted by Crippen LogP contribution is -2.27. The van der Waals surface area contributed by atoms with Crippen LogP contribution in [0.15, 0.2) is 22.8 Å².